The summed E-state index contributed by atoms with van der Waals surface area (Å²) in [5.41, 5.74) is 9.15. The lowest BCUT2D eigenvalue weighted by Crippen LogP contribution is -2.14. The van der Waals surface area contributed by atoms with Crippen LogP contribution in [0.3, 0.4) is 0 Å². The van der Waals surface area contributed by atoms with E-state index < -0.39 is 6.04 Å². The molecule has 2 N–H and O–H groups in total. The largest absolute Gasteiger partial charge is 0.467 e. The van der Waals surface area contributed by atoms with Gasteiger partial charge in [0.2, 0.25) is 0 Å². The zero-order valence-corrected chi connectivity index (χ0v) is 12.1. The topological polar surface area (TPSA) is 69.3 Å². The molecule has 4 rings (SSSR count). The second-order valence-corrected chi connectivity index (χ2v) is 5.17. The number of hydrogen-bond donors (Lipinski definition) is 1. The highest BCUT2D eigenvalue weighted by atomic mass is 19.1. The van der Waals surface area contributed by atoms with Gasteiger partial charge in [0, 0.05) is 5.56 Å². The van der Waals surface area contributed by atoms with Gasteiger partial charge in [0.05, 0.1) is 23.8 Å². The molecular weight excluding hydrogens is 295 g/mol. The normalized spacial score (nSPS) is 12.6. The molecule has 3 heterocycles. The Labute approximate surface area is 131 Å². The van der Waals surface area contributed by atoms with Crippen LogP contribution in [0.5, 0.6) is 0 Å². The molecule has 1 unspecified atom stereocenters. The number of imidazole rings is 1. The first kappa shape index (κ1) is 13.7. The number of nitrogens with zero attached hydrogens (tertiary/aromatic N) is 3. The van der Waals surface area contributed by atoms with Crippen LogP contribution >= 0.6 is 0 Å². The van der Waals surface area contributed by atoms with Crippen LogP contribution in [0.25, 0.3) is 16.9 Å². The SMILES string of the molecule is NC(c1ccc2ncc(-c3ccc(F)cc3)n2n1)c1ccco1. The van der Waals surface area contributed by atoms with Crippen LogP contribution in [-0.2, 0) is 0 Å². The Morgan fingerprint density at radius 1 is 1.09 bits per heavy atom. The molecule has 0 bridgehead atoms. The maximum absolute atomic E-state index is 13.1. The van der Waals surface area contributed by atoms with Gasteiger partial charge in [-0.1, -0.05) is 0 Å². The summed E-state index contributed by atoms with van der Waals surface area (Å²) in [6.07, 6.45) is 3.28. The predicted molar refractivity (Wildman–Crippen MR) is 83.1 cm³/mol. The molecule has 0 aliphatic carbocycles. The number of nitrogens with two attached hydrogens (primary N) is 1. The van der Waals surface area contributed by atoms with Gasteiger partial charge in [0.15, 0.2) is 5.65 Å². The molecule has 4 aromatic rings. The van der Waals surface area contributed by atoms with Crippen molar-refractivity contribution in [1.82, 2.24) is 14.6 Å². The smallest absolute Gasteiger partial charge is 0.154 e. The fraction of sp³-hybridized carbons (Fsp3) is 0.0588. The number of benzene rings is 1. The molecule has 0 saturated carbocycles. The summed E-state index contributed by atoms with van der Waals surface area (Å²) in [5.74, 6) is 0.358. The average Bonchev–Trinajstić information content (AvgIpc) is 3.24. The molecule has 1 atom stereocenters. The van der Waals surface area contributed by atoms with E-state index in [0.717, 1.165) is 11.3 Å². The van der Waals surface area contributed by atoms with E-state index in [9.17, 15) is 4.39 Å². The van der Waals surface area contributed by atoms with Crippen molar-refractivity contribution in [3.8, 4) is 11.3 Å². The fourth-order valence-electron chi connectivity index (χ4n) is 2.48. The van der Waals surface area contributed by atoms with Crippen molar-refractivity contribution in [2.24, 2.45) is 5.73 Å². The van der Waals surface area contributed by atoms with Gasteiger partial charge in [0.25, 0.3) is 0 Å². The Hall–Kier alpha value is -2.99. The number of rotatable bonds is 3. The zero-order valence-electron chi connectivity index (χ0n) is 12.1. The number of halogens is 1. The molecule has 0 radical (unpaired) electrons. The maximum atomic E-state index is 13.1. The summed E-state index contributed by atoms with van der Waals surface area (Å²) in [7, 11) is 0. The summed E-state index contributed by atoms with van der Waals surface area (Å²) in [6.45, 7) is 0. The standard InChI is InChI=1S/C17H13FN4O/c18-12-5-3-11(4-6-12)14-10-20-16-8-7-13(21-22(14)16)17(19)15-2-1-9-23-15/h1-10,17H,19H2. The Morgan fingerprint density at radius 2 is 1.91 bits per heavy atom. The second kappa shape index (κ2) is 5.33. The molecule has 0 fully saturated rings. The Bertz CT molecular complexity index is 945. The fourth-order valence-corrected chi connectivity index (χ4v) is 2.48. The van der Waals surface area contributed by atoms with Crippen molar-refractivity contribution in [2.45, 2.75) is 6.04 Å². The van der Waals surface area contributed by atoms with Crippen LogP contribution in [0.15, 0.2) is 65.4 Å². The van der Waals surface area contributed by atoms with Crippen LogP contribution in [0, 0.1) is 5.82 Å². The third-order valence-electron chi connectivity index (χ3n) is 3.69. The van der Waals surface area contributed by atoms with E-state index in [1.165, 1.54) is 12.1 Å². The predicted octanol–water partition coefficient (Wildman–Crippen LogP) is 3.18. The maximum Gasteiger partial charge on any atom is 0.154 e. The number of fused-ring (bicyclic) bond motifs is 1. The highest BCUT2D eigenvalue weighted by Gasteiger charge is 2.15. The average molecular weight is 308 g/mol. The summed E-state index contributed by atoms with van der Waals surface area (Å²) < 4.78 is 20.1. The highest BCUT2D eigenvalue weighted by molar-refractivity contribution is 5.62. The summed E-state index contributed by atoms with van der Waals surface area (Å²) >= 11 is 0. The zero-order chi connectivity index (χ0) is 15.8. The van der Waals surface area contributed by atoms with Crippen LogP contribution in [0.2, 0.25) is 0 Å². The monoisotopic (exact) mass is 308 g/mol. The van der Waals surface area contributed by atoms with E-state index in [0.29, 0.717) is 17.1 Å². The van der Waals surface area contributed by atoms with Crippen LogP contribution in [0.1, 0.15) is 17.5 Å². The number of aromatic nitrogens is 3. The first-order valence-corrected chi connectivity index (χ1v) is 7.12. The molecule has 0 saturated heterocycles. The third kappa shape index (κ3) is 2.39. The molecule has 6 heteroatoms. The van der Waals surface area contributed by atoms with Crippen LogP contribution in [0.4, 0.5) is 4.39 Å². The van der Waals surface area contributed by atoms with E-state index in [1.54, 1.807) is 35.2 Å². The Balaban J connectivity index is 1.81. The minimum absolute atomic E-state index is 0.281. The molecular formula is C17H13FN4O. The van der Waals surface area contributed by atoms with Crippen molar-refractivity contribution in [2.75, 3.05) is 0 Å². The summed E-state index contributed by atoms with van der Waals surface area (Å²) in [5, 5.41) is 4.57. The van der Waals surface area contributed by atoms with E-state index >= 15 is 0 Å². The van der Waals surface area contributed by atoms with Gasteiger partial charge in [-0.3, -0.25) is 0 Å². The van der Waals surface area contributed by atoms with Gasteiger partial charge in [-0.25, -0.2) is 13.9 Å². The van der Waals surface area contributed by atoms with Gasteiger partial charge < -0.3 is 10.2 Å². The Kier molecular flexibility index (Phi) is 3.17. The van der Waals surface area contributed by atoms with Crippen molar-refractivity contribution < 1.29 is 8.81 Å². The molecule has 23 heavy (non-hydrogen) atoms. The van der Waals surface area contributed by atoms with Gasteiger partial charge in [-0.05, 0) is 48.5 Å². The van der Waals surface area contributed by atoms with E-state index in [1.807, 2.05) is 18.2 Å². The molecule has 0 aliphatic rings. The first-order valence-electron chi connectivity index (χ1n) is 7.12. The van der Waals surface area contributed by atoms with Crippen molar-refractivity contribution in [1.29, 1.82) is 0 Å². The molecule has 1 aromatic carbocycles. The minimum Gasteiger partial charge on any atom is -0.467 e. The Morgan fingerprint density at radius 3 is 2.65 bits per heavy atom. The summed E-state index contributed by atoms with van der Waals surface area (Å²) in [4.78, 5) is 4.32. The van der Waals surface area contributed by atoms with E-state index in [4.69, 9.17) is 10.2 Å². The molecule has 0 amide bonds. The first-order chi connectivity index (χ1) is 11.2. The molecule has 0 aliphatic heterocycles. The van der Waals surface area contributed by atoms with Crippen molar-refractivity contribution >= 4 is 5.65 Å². The van der Waals surface area contributed by atoms with Gasteiger partial charge in [0.1, 0.15) is 17.6 Å². The molecule has 5 nitrogen and oxygen atoms in total. The van der Waals surface area contributed by atoms with Crippen molar-refractivity contribution in [3.05, 3.63) is 78.3 Å². The van der Waals surface area contributed by atoms with Crippen molar-refractivity contribution in [3.63, 3.8) is 0 Å². The third-order valence-corrected chi connectivity index (χ3v) is 3.69. The van der Waals surface area contributed by atoms with E-state index in [-0.39, 0.29) is 5.82 Å². The number of furan rings is 1. The molecule has 0 spiro atoms. The lowest BCUT2D eigenvalue weighted by atomic mass is 10.1. The second-order valence-electron chi connectivity index (χ2n) is 5.17. The van der Waals surface area contributed by atoms with Gasteiger partial charge >= 0.3 is 0 Å². The lowest BCUT2D eigenvalue weighted by Gasteiger charge is -2.09. The molecule has 114 valence electrons. The van der Waals surface area contributed by atoms with E-state index in [2.05, 4.69) is 10.1 Å². The quantitative estimate of drug-likeness (QED) is 0.631. The highest BCUT2D eigenvalue weighted by Crippen LogP contribution is 2.23. The van der Waals surface area contributed by atoms with Gasteiger partial charge in [-0.2, -0.15) is 5.10 Å². The lowest BCUT2D eigenvalue weighted by molar-refractivity contribution is 0.484. The summed E-state index contributed by atoms with van der Waals surface area (Å²) in [6, 6.07) is 13.0. The van der Waals surface area contributed by atoms with Crippen LogP contribution in [-0.4, -0.2) is 14.6 Å². The number of hydrogen-bond acceptors (Lipinski definition) is 4. The molecule has 3 aromatic heterocycles. The minimum atomic E-state index is -0.460. The van der Waals surface area contributed by atoms with Gasteiger partial charge in [-0.15, -0.1) is 0 Å². The van der Waals surface area contributed by atoms with Crippen LogP contribution < -0.4 is 5.73 Å².